The van der Waals surface area contributed by atoms with Gasteiger partial charge in [0.25, 0.3) is 5.91 Å². The number of benzene rings is 2. The second kappa shape index (κ2) is 7.52. The van der Waals surface area contributed by atoms with E-state index in [-0.39, 0.29) is 11.9 Å². The van der Waals surface area contributed by atoms with Gasteiger partial charge >= 0.3 is 0 Å². The molecule has 28 heavy (non-hydrogen) atoms. The van der Waals surface area contributed by atoms with Gasteiger partial charge < -0.3 is 9.88 Å². The molecule has 2 heterocycles. The molecule has 0 fully saturated rings. The lowest BCUT2D eigenvalue weighted by Crippen LogP contribution is -2.26. The number of aryl methyl sites for hydroxylation is 1. The fourth-order valence-electron chi connectivity index (χ4n) is 3.10. The molecule has 6 nitrogen and oxygen atoms in total. The maximum absolute atomic E-state index is 12.6. The van der Waals surface area contributed by atoms with Gasteiger partial charge in [-0.1, -0.05) is 12.1 Å². The molecule has 0 saturated carbocycles. The summed E-state index contributed by atoms with van der Waals surface area (Å²) in [6.07, 6.45) is 7.16. The van der Waals surface area contributed by atoms with Crippen molar-refractivity contribution in [3.63, 3.8) is 0 Å². The van der Waals surface area contributed by atoms with E-state index in [1.165, 1.54) is 0 Å². The summed E-state index contributed by atoms with van der Waals surface area (Å²) in [5.41, 5.74) is 4.67. The highest BCUT2D eigenvalue weighted by Gasteiger charge is 2.12. The molecule has 0 bridgehead atoms. The Balaban J connectivity index is 1.43. The zero-order chi connectivity index (χ0) is 19.5. The number of hydrogen-bond acceptors (Lipinski definition) is 3. The third-order valence-corrected chi connectivity index (χ3v) is 4.75. The van der Waals surface area contributed by atoms with Crippen molar-refractivity contribution >= 4 is 5.91 Å². The molecule has 0 radical (unpaired) electrons. The maximum Gasteiger partial charge on any atom is 0.251 e. The van der Waals surface area contributed by atoms with E-state index in [0.29, 0.717) is 5.56 Å². The van der Waals surface area contributed by atoms with Crippen molar-refractivity contribution in [2.24, 2.45) is 0 Å². The molecule has 0 aliphatic rings. The molecule has 1 atom stereocenters. The Labute approximate surface area is 163 Å². The van der Waals surface area contributed by atoms with E-state index < -0.39 is 0 Å². The van der Waals surface area contributed by atoms with Crippen LogP contribution in [0.1, 0.15) is 34.6 Å². The van der Waals surface area contributed by atoms with E-state index in [2.05, 4.69) is 15.4 Å². The number of rotatable bonds is 5. The van der Waals surface area contributed by atoms with Gasteiger partial charge in [-0.2, -0.15) is 5.10 Å². The summed E-state index contributed by atoms with van der Waals surface area (Å²) < 4.78 is 3.78. The van der Waals surface area contributed by atoms with Crippen LogP contribution in [0.25, 0.3) is 11.4 Å². The Hall–Kier alpha value is -3.67. The zero-order valence-corrected chi connectivity index (χ0v) is 15.8. The second-order valence-electron chi connectivity index (χ2n) is 6.69. The van der Waals surface area contributed by atoms with Crippen LogP contribution >= 0.6 is 0 Å². The summed E-state index contributed by atoms with van der Waals surface area (Å²) >= 11 is 0. The van der Waals surface area contributed by atoms with Crippen molar-refractivity contribution < 1.29 is 4.79 Å². The van der Waals surface area contributed by atoms with Crippen LogP contribution in [0.15, 0.2) is 79.5 Å². The number of imidazole rings is 1. The Morgan fingerprint density at radius 3 is 2.29 bits per heavy atom. The molecule has 2 aromatic carbocycles. The van der Waals surface area contributed by atoms with Gasteiger partial charge in [0.15, 0.2) is 0 Å². The van der Waals surface area contributed by atoms with E-state index in [0.717, 1.165) is 22.6 Å². The molecule has 4 rings (SSSR count). The van der Waals surface area contributed by atoms with Crippen LogP contribution in [0.2, 0.25) is 0 Å². The topological polar surface area (TPSA) is 64.7 Å². The molecule has 1 amide bonds. The van der Waals surface area contributed by atoms with E-state index >= 15 is 0 Å². The van der Waals surface area contributed by atoms with Crippen molar-refractivity contribution in [2.75, 3.05) is 0 Å². The first kappa shape index (κ1) is 17.7. The van der Waals surface area contributed by atoms with Crippen molar-refractivity contribution in [1.29, 1.82) is 0 Å². The summed E-state index contributed by atoms with van der Waals surface area (Å²) in [7, 11) is 0. The summed E-state index contributed by atoms with van der Waals surface area (Å²) in [6.45, 7) is 3.97. The first-order chi connectivity index (χ1) is 13.6. The third kappa shape index (κ3) is 3.57. The minimum Gasteiger partial charge on any atom is -0.346 e. The number of carbonyl (C=O) groups excluding carboxylic acids is 1. The maximum atomic E-state index is 12.6. The summed E-state index contributed by atoms with van der Waals surface area (Å²) in [6, 6.07) is 17.4. The fraction of sp³-hybridized carbons (Fsp3) is 0.136. The number of aromatic nitrogens is 4. The summed E-state index contributed by atoms with van der Waals surface area (Å²) in [5, 5.41) is 7.34. The Bertz CT molecular complexity index is 1060. The van der Waals surface area contributed by atoms with Gasteiger partial charge in [-0.15, -0.1) is 0 Å². The predicted molar refractivity (Wildman–Crippen MR) is 108 cm³/mol. The van der Waals surface area contributed by atoms with Gasteiger partial charge in [0, 0.05) is 35.5 Å². The second-order valence-corrected chi connectivity index (χ2v) is 6.69. The Kier molecular flexibility index (Phi) is 4.76. The van der Waals surface area contributed by atoms with E-state index in [1.54, 1.807) is 18.7 Å². The minimum absolute atomic E-state index is 0.0997. The van der Waals surface area contributed by atoms with Crippen LogP contribution < -0.4 is 5.32 Å². The molecule has 1 N–H and O–H groups in total. The van der Waals surface area contributed by atoms with Gasteiger partial charge in [-0.05, 0) is 61.9 Å². The largest absolute Gasteiger partial charge is 0.346 e. The lowest BCUT2D eigenvalue weighted by atomic mass is 10.1. The summed E-state index contributed by atoms with van der Waals surface area (Å²) in [5.74, 6) is -0.102. The van der Waals surface area contributed by atoms with E-state index in [9.17, 15) is 4.79 Å². The van der Waals surface area contributed by atoms with Crippen LogP contribution in [0.4, 0.5) is 0 Å². The van der Waals surface area contributed by atoms with Gasteiger partial charge in [0.1, 0.15) is 0 Å². The average molecular weight is 371 g/mol. The highest BCUT2D eigenvalue weighted by molar-refractivity contribution is 5.94. The smallest absolute Gasteiger partial charge is 0.251 e. The van der Waals surface area contributed by atoms with Gasteiger partial charge in [-0.25, -0.2) is 9.67 Å². The molecule has 140 valence electrons. The summed E-state index contributed by atoms with van der Waals surface area (Å²) in [4.78, 5) is 16.7. The van der Waals surface area contributed by atoms with Gasteiger partial charge in [0.05, 0.1) is 18.1 Å². The average Bonchev–Trinajstić information content (AvgIpc) is 3.40. The molecule has 6 heteroatoms. The zero-order valence-electron chi connectivity index (χ0n) is 15.8. The highest BCUT2D eigenvalue weighted by atomic mass is 16.1. The van der Waals surface area contributed by atoms with Crippen molar-refractivity contribution in [3.05, 3.63) is 96.3 Å². The predicted octanol–water partition coefficient (Wildman–Crippen LogP) is 3.86. The fourth-order valence-corrected chi connectivity index (χ4v) is 3.10. The molecule has 0 spiro atoms. The molecule has 0 aliphatic heterocycles. The van der Waals surface area contributed by atoms with E-state index in [4.69, 9.17) is 0 Å². The van der Waals surface area contributed by atoms with Crippen LogP contribution in [0.5, 0.6) is 0 Å². The molecule has 0 unspecified atom stereocenters. The van der Waals surface area contributed by atoms with Crippen molar-refractivity contribution in [1.82, 2.24) is 24.6 Å². The molecule has 0 aliphatic carbocycles. The minimum atomic E-state index is -0.102. The molecule has 2 aromatic heterocycles. The Morgan fingerprint density at radius 2 is 1.68 bits per heavy atom. The van der Waals surface area contributed by atoms with Crippen LogP contribution in [0, 0.1) is 6.92 Å². The monoisotopic (exact) mass is 371 g/mol. The lowest BCUT2D eigenvalue weighted by Gasteiger charge is -2.15. The molecule has 4 aromatic rings. The number of amides is 1. The molecular formula is C22H21N5O. The van der Waals surface area contributed by atoms with Crippen LogP contribution in [-0.4, -0.2) is 25.2 Å². The number of nitrogens with one attached hydrogen (secondary N) is 1. The number of hydrogen-bond donors (Lipinski definition) is 1. The van der Waals surface area contributed by atoms with Crippen molar-refractivity contribution in [2.45, 2.75) is 19.9 Å². The molecular weight excluding hydrogens is 350 g/mol. The highest BCUT2D eigenvalue weighted by Crippen LogP contribution is 2.17. The number of nitrogens with zero attached hydrogens (tertiary/aromatic N) is 4. The van der Waals surface area contributed by atoms with Gasteiger partial charge in [-0.3, -0.25) is 4.79 Å². The molecule has 0 saturated heterocycles. The first-order valence-electron chi connectivity index (χ1n) is 9.12. The standard InChI is InChI=1S/C22H21N5O/c1-16-11-12-24-27(16)21-9-5-19(6-10-21)22(28)25-17(2)18-3-7-20(8-4-18)26-14-13-23-15-26/h3-15,17H,1-2H3,(H,25,28)/t17-/m0/s1. The quantitative estimate of drug-likeness (QED) is 0.579. The van der Waals surface area contributed by atoms with E-state index in [1.807, 2.05) is 83.9 Å². The number of carbonyl (C=O) groups is 1. The Morgan fingerprint density at radius 1 is 0.964 bits per heavy atom. The van der Waals surface area contributed by atoms with Crippen LogP contribution in [-0.2, 0) is 0 Å². The normalized spacial score (nSPS) is 11.9. The third-order valence-electron chi connectivity index (χ3n) is 4.75. The van der Waals surface area contributed by atoms with Crippen molar-refractivity contribution in [3.8, 4) is 11.4 Å². The lowest BCUT2D eigenvalue weighted by molar-refractivity contribution is 0.0940. The van der Waals surface area contributed by atoms with Gasteiger partial charge in [0.2, 0.25) is 0 Å². The van der Waals surface area contributed by atoms with Crippen LogP contribution in [0.3, 0.4) is 0 Å². The first-order valence-corrected chi connectivity index (χ1v) is 9.12. The SMILES string of the molecule is Cc1ccnn1-c1ccc(C(=O)N[C@@H](C)c2ccc(-n3ccnc3)cc2)cc1.